The molecule has 0 aliphatic carbocycles. The number of rotatable bonds is 4. The van der Waals surface area contributed by atoms with Crippen LogP contribution in [0, 0.1) is 20.8 Å². The van der Waals surface area contributed by atoms with Gasteiger partial charge in [-0.25, -0.2) is 14.5 Å². The van der Waals surface area contributed by atoms with Gasteiger partial charge in [-0.15, -0.1) is 0 Å². The lowest BCUT2D eigenvalue weighted by molar-refractivity contribution is 0.249. The Labute approximate surface area is 145 Å². The molecule has 130 valence electrons. The smallest absolute Gasteiger partial charge is 0.320 e. The van der Waals surface area contributed by atoms with Crippen LogP contribution in [0.5, 0.6) is 0 Å². The Kier molecular flexibility index (Phi) is 4.51. The first-order valence-electron chi connectivity index (χ1n) is 8.00. The van der Waals surface area contributed by atoms with Gasteiger partial charge in [0.05, 0.1) is 17.4 Å². The van der Waals surface area contributed by atoms with Crippen LogP contribution in [0.25, 0.3) is 5.69 Å². The summed E-state index contributed by atoms with van der Waals surface area (Å²) in [5.74, 6) is 1.19. The van der Waals surface area contributed by atoms with Crippen LogP contribution in [-0.2, 0) is 0 Å². The summed E-state index contributed by atoms with van der Waals surface area (Å²) in [6.07, 6.45) is 1.41. The summed E-state index contributed by atoms with van der Waals surface area (Å²) in [5, 5.41) is 16.7. The fourth-order valence-corrected chi connectivity index (χ4v) is 2.70. The van der Waals surface area contributed by atoms with E-state index in [9.17, 15) is 4.79 Å². The van der Waals surface area contributed by atoms with Crippen LogP contribution in [0.4, 0.5) is 10.6 Å². The number of aromatic amines is 1. The highest BCUT2D eigenvalue weighted by Crippen LogP contribution is 2.20. The van der Waals surface area contributed by atoms with E-state index in [4.69, 9.17) is 0 Å². The number of aryl methyl sites for hydroxylation is 3. The van der Waals surface area contributed by atoms with E-state index in [-0.39, 0.29) is 12.1 Å². The minimum Gasteiger partial charge on any atom is -0.328 e. The number of H-pyrrole nitrogens is 1. The number of benzene rings is 1. The molecule has 0 spiro atoms. The van der Waals surface area contributed by atoms with Crippen molar-refractivity contribution in [2.24, 2.45) is 0 Å². The number of carbonyl (C=O) groups is 1. The van der Waals surface area contributed by atoms with E-state index in [1.54, 1.807) is 4.68 Å². The Morgan fingerprint density at radius 3 is 2.52 bits per heavy atom. The van der Waals surface area contributed by atoms with Crippen LogP contribution >= 0.6 is 0 Å². The average molecular weight is 339 g/mol. The molecule has 3 N–H and O–H groups in total. The minimum absolute atomic E-state index is 0.291. The van der Waals surface area contributed by atoms with Crippen LogP contribution in [0.15, 0.2) is 30.6 Å². The van der Waals surface area contributed by atoms with Gasteiger partial charge in [0.25, 0.3) is 0 Å². The lowest BCUT2D eigenvalue weighted by atomic mass is 10.1. The first-order chi connectivity index (χ1) is 11.9. The van der Waals surface area contributed by atoms with E-state index in [0.717, 1.165) is 22.5 Å². The standard InChI is InChI=1S/C17H21N7O/c1-10-5-11(2)7-14(6-10)24-15(8-12(3)23-24)21-17(25)20-13(4)16-18-9-19-22-16/h5-9,13H,1-4H3,(H,18,19,22)(H2,20,21,25)/t13-/m0/s1. The summed E-state index contributed by atoms with van der Waals surface area (Å²) in [7, 11) is 0. The number of aromatic nitrogens is 5. The zero-order chi connectivity index (χ0) is 18.0. The fraction of sp³-hybridized carbons (Fsp3) is 0.294. The number of amides is 2. The van der Waals surface area contributed by atoms with Gasteiger partial charge in [0.1, 0.15) is 18.0 Å². The Morgan fingerprint density at radius 2 is 1.88 bits per heavy atom. The SMILES string of the molecule is Cc1cc(C)cc(-n2nc(C)cc2NC(=O)N[C@@H](C)c2ncn[nH]2)c1. The van der Waals surface area contributed by atoms with Crippen LogP contribution in [0.3, 0.4) is 0 Å². The number of carbonyl (C=O) groups excluding carboxylic acids is 1. The van der Waals surface area contributed by atoms with Gasteiger partial charge in [0, 0.05) is 6.07 Å². The van der Waals surface area contributed by atoms with Gasteiger partial charge >= 0.3 is 6.03 Å². The number of hydrogen-bond acceptors (Lipinski definition) is 4. The van der Waals surface area contributed by atoms with Crippen LogP contribution in [0.2, 0.25) is 0 Å². The lowest BCUT2D eigenvalue weighted by Gasteiger charge is -2.14. The molecule has 1 aromatic carbocycles. The second-order valence-corrected chi connectivity index (χ2v) is 6.12. The van der Waals surface area contributed by atoms with Crippen molar-refractivity contribution in [1.82, 2.24) is 30.3 Å². The average Bonchev–Trinajstić information content (AvgIpc) is 3.16. The highest BCUT2D eigenvalue weighted by molar-refractivity contribution is 5.89. The van der Waals surface area contributed by atoms with Crippen molar-refractivity contribution in [3.63, 3.8) is 0 Å². The van der Waals surface area contributed by atoms with E-state index in [2.05, 4.69) is 37.0 Å². The van der Waals surface area contributed by atoms with Gasteiger partial charge < -0.3 is 5.32 Å². The summed E-state index contributed by atoms with van der Waals surface area (Å²) >= 11 is 0. The molecule has 2 heterocycles. The second kappa shape index (κ2) is 6.76. The van der Waals surface area contributed by atoms with Gasteiger partial charge in [-0.3, -0.25) is 10.4 Å². The molecule has 0 saturated carbocycles. The molecule has 0 unspecified atom stereocenters. The van der Waals surface area contributed by atoms with E-state index >= 15 is 0 Å². The summed E-state index contributed by atoms with van der Waals surface area (Å²) < 4.78 is 1.73. The van der Waals surface area contributed by atoms with Gasteiger partial charge in [0.15, 0.2) is 0 Å². The quantitative estimate of drug-likeness (QED) is 0.680. The van der Waals surface area contributed by atoms with Gasteiger partial charge in [-0.2, -0.15) is 10.2 Å². The fourth-order valence-electron chi connectivity index (χ4n) is 2.70. The Bertz CT molecular complexity index is 862. The lowest BCUT2D eigenvalue weighted by Crippen LogP contribution is -2.32. The van der Waals surface area contributed by atoms with Crippen LogP contribution in [0.1, 0.15) is 35.6 Å². The van der Waals surface area contributed by atoms with Crippen molar-refractivity contribution in [1.29, 1.82) is 0 Å². The van der Waals surface area contributed by atoms with Crippen molar-refractivity contribution in [2.75, 3.05) is 5.32 Å². The van der Waals surface area contributed by atoms with Crippen molar-refractivity contribution in [3.05, 3.63) is 53.2 Å². The summed E-state index contributed by atoms with van der Waals surface area (Å²) in [4.78, 5) is 16.4. The van der Waals surface area contributed by atoms with Crippen LogP contribution in [-0.4, -0.2) is 31.0 Å². The first-order valence-corrected chi connectivity index (χ1v) is 8.00. The molecule has 0 radical (unpaired) electrons. The van der Waals surface area contributed by atoms with Crippen molar-refractivity contribution in [3.8, 4) is 5.69 Å². The zero-order valence-corrected chi connectivity index (χ0v) is 14.7. The second-order valence-electron chi connectivity index (χ2n) is 6.12. The van der Waals surface area contributed by atoms with Crippen molar-refractivity contribution >= 4 is 11.8 Å². The first kappa shape index (κ1) is 16.7. The molecule has 0 bridgehead atoms. The minimum atomic E-state index is -0.338. The zero-order valence-electron chi connectivity index (χ0n) is 14.7. The molecule has 1 atom stereocenters. The number of nitrogens with one attached hydrogen (secondary N) is 3. The van der Waals surface area contributed by atoms with E-state index in [1.165, 1.54) is 6.33 Å². The molecule has 0 fully saturated rings. The number of hydrogen-bond donors (Lipinski definition) is 3. The highest BCUT2D eigenvalue weighted by Gasteiger charge is 2.15. The maximum atomic E-state index is 12.3. The maximum Gasteiger partial charge on any atom is 0.320 e. The monoisotopic (exact) mass is 339 g/mol. The normalized spacial score (nSPS) is 12.0. The predicted molar refractivity (Wildman–Crippen MR) is 94.7 cm³/mol. The van der Waals surface area contributed by atoms with Crippen molar-refractivity contribution in [2.45, 2.75) is 33.7 Å². The van der Waals surface area contributed by atoms with Crippen LogP contribution < -0.4 is 10.6 Å². The molecule has 0 saturated heterocycles. The third kappa shape index (κ3) is 3.85. The van der Waals surface area contributed by atoms with Gasteiger partial charge in [-0.05, 0) is 51.0 Å². The van der Waals surface area contributed by atoms with Gasteiger partial charge in [0.2, 0.25) is 0 Å². The molecule has 8 nitrogen and oxygen atoms in total. The molecular weight excluding hydrogens is 318 g/mol. The highest BCUT2D eigenvalue weighted by atomic mass is 16.2. The summed E-state index contributed by atoms with van der Waals surface area (Å²) in [6.45, 7) is 7.78. The van der Waals surface area contributed by atoms with E-state index < -0.39 is 0 Å². The predicted octanol–water partition coefficient (Wildman–Crippen LogP) is 2.80. The number of nitrogens with zero attached hydrogens (tertiary/aromatic N) is 4. The molecule has 0 aliphatic rings. The Morgan fingerprint density at radius 1 is 1.16 bits per heavy atom. The largest absolute Gasteiger partial charge is 0.328 e. The molecule has 3 rings (SSSR count). The molecule has 25 heavy (non-hydrogen) atoms. The molecule has 0 aliphatic heterocycles. The third-order valence-corrected chi connectivity index (χ3v) is 3.72. The van der Waals surface area contributed by atoms with Gasteiger partial charge in [-0.1, -0.05) is 6.07 Å². The molecule has 2 amide bonds. The van der Waals surface area contributed by atoms with Crippen molar-refractivity contribution < 1.29 is 4.79 Å². The molecule has 3 aromatic rings. The molecule has 2 aromatic heterocycles. The summed E-state index contributed by atoms with van der Waals surface area (Å²) in [5.41, 5.74) is 4.00. The molecular formula is C17H21N7O. The molecule has 8 heteroatoms. The number of anilines is 1. The maximum absolute atomic E-state index is 12.3. The summed E-state index contributed by atoms with van der Waals surface area (Å²) in [6, 6.07) is 7.35. The topological polar surface area (TPSA) is 101 Å². The number of urea groups is 1. The van der Waals surface area contributed by atoms with E-state index in [0.29, 0.717) is 11.6 Å². The third-order valence-electron chi connectivity index (χ3n) is 3.72. The van der Waals surface area contributed by atoms with E-state index in [1.807, 2.05) is 45.9 Å². The Balaban J connectivity index is 1.80. The Hall–Kier alpha value is -3.16.